The van der Waals surface area contributed by atoms with E-state index in [-0.39, 0.29) is 0 Å². The molecule has 0 spiro atoms. The molecule has 0 aliphatic carbocycles. The van der Waals surface area contributed by atoms with E-state index in [0.717, 1.165) is 43.3 Å². The van der Waals surface area contributed by atoms with E-state index in [1.165, 1.54) is 5.56 Å². The van der Waals surface area contributed by atoms with E-state index in [1.807, 2.05) is 19.1 Å². The van der Waals surface area contributed by atoms with Crippen LogP contribution in [0.2, 0.25) is 5.02 Å². The first kappa shape index (κ1) is 21.6. The summed E-state index contributed by atoms with van der Waals surface area (Å²) >= 11 is 12.3. The maximum Gasteiger partial charge on any atom is 0.180 e. The summed E-state index contributed by atoms with van der Waals surface area (Å²) in [5.41, 5.74) is 2.22. The Balaban J connectivity index is 1.66. The Kier molecular flexibility index (Phi) is 7.92. The van der Waals surface area contributed by atoms with Crippen molar-refractivity contribution in [2.75, 3.05) is 39.4 Å². The molecule has 0 bridgehead atoms. The summed E-state index contributed by atoms with van der Waals surface area (Å²) in [6.45, 7) is 11.2. The van der Waals surface area contributed by atoms with Gasteiger partial charge in [0.05, 0.1) is 11.6 Å². The third-order valence-electron chi connectivity index (χ3n) is 4.81. The number of nitrogens with zero attached hydrogens (tertiary/aromatic N) is 2. The lowest BCUT2D eigenvalue weighted by atomic mass is 10.1. The molecule has 2 aromatic carbocycles. The van der Waals surface area contributed by atoms with Gasteiger partial charge in [0.1, 0.15) is 11.6 Å². The molecule has 0 N–H and O–H groups in total. The van der Waals surface area contributed by atoms with Gasteiger partial charge in [0.2, 0.25) is 0 Å². The van der Waals surface area contributed by atoms with Gasteiger partial charge >= 0.3 is 0 Å². The third-order valence-corrected chi connectivity index (χ3v) is 5.59. The lowest BCUT2D eigenvalue weighted by molar-refractivity contribution is 0.177. The minimum Gasteiger partial charge on any atom is -0.490 e. The standard InChI is InChI=1S/C23H27ClN2O2S/c1-3-14-28-22-20(24)15-19(16-21(22)27-4-2)23(29)26-12-10-25(11-13-26)17-18-8-6-5-7-9-18/h3,5-9,15-16H,1,4,10-14,17H2,2H3. The lowest BCUT2D eigenvalue weighted by Crippen LogP contribution is -2.48. The van der Waals surface area contributed by atoms with Crippen molar-refractivity contribution in [1.82, 2.24) is 9.80 Å². The number of hydrogen-bond acceptors (Lipinski definition) is 4. The normalized spacial score (nSPS) is 14.5. The van der Waals surface area contributed by atoms with E-state index < -0.39 is 0 Å². The highest BCUT2D eigenvalue weighted by Gasteiger charge is 2.22. The summed E-state index contributed by atoms with van der Waals surface area (Å²) in [5, 5.41) is 0.498. The number of halogens is 1. The fourth-order valence-electron chi connectivity index (χ4n) is 3.37. The minimum atomic E-state index is 0.368. The molecule has 1 fully saturated rings. The van der Waals surface area contributed by atoms with E-state index in [9.17, 15) is 0 Å². The molecule has 6 heteroatoms. The van der Waals surface area contributed by atoms with Gasteiger partial charge in [-0.1, -0.05) is 66.8 Å². The van der Waals surface area contributed by atoms with Crippen LogP contribution >= 0.6 is 23.8 Å². The average molecular weight is 431 g/mol. The number of benzene rings is 2. The molecule has 29 heavy (non-hydrogen) atoms. The van der Waals surface area contributed by atoms with Crippen LogP contribution in [0.4, 0.5) is 0 Å². The second-order valence-corrected chi connectivity index (χ2v) is 7.67. The van der Waals surface area contributed by atoms with Crippen molar-refractivity contribution in [3.05, 3.63) is 71.3 Å². The van der Waals surface area contributed by atoms with Crippen LogP contribution in [0.5, 0.6) is 11.5 Å². The van der Waals surface area contributed by atoms with Crippen molar-refractivity contribution < 1.29 is 9.47 Å². The molecule has 1 heterocycles. The maximum atomic E-state index is 6.48. The zero-order chi connectivity index (χ0) is 20.6. The van der Waals surface area contributed by atoms with Crippen LogP contribution in [0.15, 0.2) is 55.1 Å². The number of piperazine rings is 1. The van der Waals surface area contributed by atoms with Crippen LogP contribution in [0.3, 0.4) is 0 Å². The molecule has 0 radical (unpaired) electrons. The second kappa shape index (κ2) is 10.6. The van der Waals surface area contributed by atoms with Gasteiger partial charge in [-0.25, -0.2) is 0 Å². The molecule has 3 rings (SSSR count). The van der Waals surface area contributed by atoms with E-state index in [1.54, 1.807) is 6.08 Å². The van der Waals surface area contributed by atoms with Crippen molar-refractivity contribution in [1.29, 1.82) is 0 Å². The first-order chi connectivity index (χ1) is 14.1. The number of ether oxygens (including phenoxy) is 2. The van der Waals surface area contributed by atoms with E-state index in [4.69, 9.17) is 33.3 Å². The smallest absolute Gasteiger partial charge is 0.180 e. The van der Waals surface area contributed by atoms with E-state index >= 15 is 0 Å². The quantitative estimate of drug-likeness (QED) is 0.442. The Bertz CT molecular complexity index is 836. The molecule has 1 aliphatic heterocycles. The van der Waals surface area contributed by atoms with Crippen LogP contribution in [0.1, 0.15) is 18.1 Å². The highest BCUT2D eigenvalue weighted by Crippen LogP contribution is 2.37. The summed E-state index contributed by atoms with van der Waals surface area (Å²) < 4.78 is 11.4. The molecule has 0 amide bonds. The van der Waals surface area contributed by atoms with Crippen molar-refractivity contribution in [3.8, 4) is 11.5 Å². The highest BCUT2D eigenvalue weighted by molar-refractivity contribution is 7.80. The molecule has 0 atom stereocenters. The highest BCUT2D eigenvalue weighted by atomic mass is 35.5. The Morgan fingerprint density at radius 2 is 1.86 bits per heavy atom. The third kappa shape index (κ3) is 5.72. The molecule has 0 aromatic heterocycles. The van der Waals surface area contributed by atoms with Crippen LogP contribution in [-0.2, 0) is 6.54 Å². The molecule has 1 aliphatic rings. The van der Waals surface area contributed by atoms with Crippen LogP contribution < -0.4 is 9.47 Å². The Morgan fingerprint density at radius 1 is 1.14 bits per heavy atom. The molecule has 0 saturated carbocycles. The molecular formula is C23H27ClN2O2S. The largest absolute Gasteiger partial charge is 0.490 e. The van der Waals surface area contributed by atoms with Crippen molar-refractivity contribution in [2.45, 2.75) is 13.5 Å². The minimum absolute atomic E-state index is 0.368. The second-order valence-electron chi connectivity index (χ2n) is 6.87. The number of hydrogen-bond donors (Lipinski definition) is 0. The first-order valence-corrected chi connectivity index (χ1v) is 10.7. The molecular weight excluding hydrogens is 404 g/mol. The first-order valence-electron chi connectivity index (χ1n) is 9.88. The molecule has 4 nitrogen and oxygen atoms in total. The van der Waals surface area contributed by atoms with Gasteiger partial charge in [-0.15, -0.1) is 0 Å². The fraction of sp³-hybridized carbons (Fsp3) is 0.348. The Labute approximate surface area is 183 Å². The molecule has 154 valence electrons. The van der Waals surface area contributed by atoms with E-state index in [0.29, 0.717) is 29.7 Å². The van der Waals surface area contributed by atoms with E-state index in [2.05, 4.69) is 46.7 Å². The van der Waals surface area contributed by atoms with Crippen LogP contribution in [-0.4, -0.2) is 54.2 Å². The van der Waals surface area contributed by atoms with Gasteiger partial charge in [0, 0.05) is 38.3 Å². The van der Waals surface area contributed by atoms with Crippen LogP contribution in [0, 0.1) is 0 Å². The van der Waals surface area contributed by atoms with Crippen LogP contribution in [0.25, 0.3) is 0 Å². The predicted molar refractivity (Wildman–Crippen MR) is 123 cm³/mol. The summed E-state index contributed by atoms with van der Waals surface area (Å²) in [7, 11) is 0. The molecule has 1 saturated heterocycles. The zero-order valence-electron chi connectivity index (χ0n) is 16.8. The van der Waals surface area contributed by atoms with Gasteiger partial charge in [0.25, 0.3) is 0 Å². The fourth-order valence-corrected chi connectivity index (χ4v) is 3.94. The topological polar surface area (TPSA) is 24.9 Å². The SMILES string of the molecule is C=CCOc1c(Cl)cc(C(=S)N2CCN(Cc3ccccc3)CC2)cc1OCC. The van der Waals surface area contributed by atoms with Gasteiger partial charge < -0.3 is 14.4 Å². The summed E-state index contributed by atoms with van der Waals surface area (Å²) in [4.78, 5) is 5.49. The number of thiocarbonyl (C=S) groups is 1. The van der Waals surface area contributed by atoms with Gasteiger partial charge in [0.15, 0.2) is 11.5 Å². The predicted octanol–water partition coefficient (Wildman–Crippen LogP) is 4.80. The summed E-state index contributed by atoms with van der Waals surface area (Å²) in [6.07, 6.45) is 1.68. The van der Waals surface area contributed by atoms with Crippen molar-refractivity contribution in [3.63, 3.8) is 0 Å². The average Bonchev–Trinajstić information content (AvgIpc) is 2.74. The maximum absolute atomic E-state index is 6.48. The Morgan fingerprint density at radius 3 is 2.52 bits per heavy atom. The molecule has 2 aromatic rings. The summed E-state index contributed by atoms with van der Waals surface area (Å²) in [6, 6.07) is 14.4. The van der Waals surface area contributed by atoms with Gasteiger partial charge in [-0.05, 0) is 24.6 Å². The number of rotatable bonds is 8. The lowest BCUT2D eigenvalue weighted by Gasteiger charge is -2.36. The summed E-state index contributed by atoms with van der Waals surface area (Å²) in [5.74, 6) is 1.15. The van der Waals surface area contributed by atoms with Gasteiger partial charge in [-0.3, -0.25) is 4.90 Å². The molecule has 0 unspecified atom stereocenters. The van der Waals surface area contributed by atoms with Crippen molar-refractivity contribution in [2.24, 2.45) is 0 Å². The monoisotopic (exact) mass is 430 g/mol. The zero-order valence-corrected chi connectivity index (χ0v) is 18.3. The van der Waals surface area contributed by atoms with Gasteiger partial charge in [-0.2, -0.15) is 0 Å². The Hall–Kier alpha value is -2.08. The van der Waals surface area contributed by atoms with Crippen molar-refractivity contribution >= 4 is 28.8 Å².